The van der Waals surface area contributed by atoms with Gasteiger partial charge in [-0.2, -0.15) is 0 Å². The first-order valence-corrected chi connectivity index (χ1v) is 7.22. The average molecular weight is 270 g/mol. The van der Waals surface area contributed by atoms with Crippen LogP contribution in [-0.4, -0.2) is 23.8 Å². The second kappa shape index (κ2) is 9.13. The van der Waals surface area contributed by atoms with Crippen molar-refractivity contribution in [3.05, 3.63) is 11.6 Å². The van der Waals surface area contributed by atoms with Gasteiger partial charge in [0, 0.05) is 6.08 Å². The maximum absolute atomic E-state index is 11.0. The molecule has 0 saturated carbocycles. The summed E-state index contributed by atoms with van der Waals surface area (Å²) in [7, 11) is 1.40. The standard InChI is InChI=1S/C16H30O3/c1-13(10-7-11-16(3,4)18)8-6-9-14(2)12-15(17)19-5/h12-13,18H,6-11H2,1-5H3. The van der Waals surface area contributed by atoms with E-state index in [2.05, 4.69) is 11.7 Å². The zero-order chi connectivity index (χ0) is 14.9. The quantitative estimate of drug-likeness (QED) is 0.511. The second-order valence-corrected chi connectivity index (χ2v) is 6.22. The summed E-state index contributed by atoms with van der Waals surface area (Å²) in [6, 6.07) is 0. The van der Waals surface area contributed by atoms with Gasteiger partial charge in [-0.1, -0.05) is 31.8 Å². The third-order valence-electron chi connectivity index (χ3n) is 3.32. The monoisotopic (exact) mass is 270 g/mol. The van der Waals surface area contributed by atoms with Crippen molar-refractivity contribution in [3.8, 4) is 0 Å². The molecule has 0 radical (unpaired) electrons. The number of carbonyl (C=O) groups excluding carboxylic acids is 1. The SMILES string of the molecule is COC(=O)C=C(C)CCCC(C)CCCC(C)(C)O. The van der Waals surface area contributed by atoms with Crippen LogP contribution in [-0.2, 0) is 9.53 Å². The lowest BCUT2D eigenvalue weighted by atomic mass is 9.93. The van der Waals surface area contributed by atoms with Crippen molar-refractivity contribution in [1.82, 2.24) is 0 Å². The smallest absolute Gasteiger partial charge is 0.330 e. The van der Waals surface area contributed by atoms with Gasteiger partial charge in [-0.25, -0.2) is 4.79 Å². The number of carbonyl (C=O) groups is 1. The number of hydrogen-bond donors (Lipinski definition) is 1. The number of aliphatic hydroxyl groups is 1. The highest BCUT2D eigenvalue weighted by Crippen LogP contribution is 2.20. The first-order chi connectivity index (χ1) is 8.74. The molecule has 0 aliphatic carbocycles. The van der Waals surface area contributed by atoms with E-state index in [-0.39, 0.29) is 5.97 Å². The lowest BCUT2D eigenvalue weighted by molar-refractivity contribution is -0.134. The molecule has 0 spiro atoms. The number of allylic oxidation sites excluding steroid dienone is 1. The molecule has 1 unspecified atom stereocenters. The lowest BCUT2D eigenvalue weighted by Crippen LogP contribution is -2.18. The normalized spacial score (nSPS) is 14.3. The Labute approximate surface area is 118 Å². The summed E-state index contributed by atoms with van der Waals surface area (Å²) >= 11 is 0. The summed E-state index contributed by atoms with van der Waals surface area (Å²) in [5.41, 5.74) is 0.537. The maximum Gasteiger partial charge on any atom is 0.330 e. The van der Waals surface area contributed by atoms with Gasteiger partial charge in [0.2, 0.25) is 0 Å². The Morgan fingerprint density at radius 1 is 1.32 bits per heavy atom. The Balaban J connectivity index is 3.71. The number of ether oxygens (including phenoxy) is 1. The van der Waals surface area contributed by atoms with E-state index >= 15 is 0 Å². The van der Waals surface area contributed by atoms with Gasteiger partial charge in [-0.05, 0) is 46.0 Å². The highest BCUT2D eigenvalue weighted by molar-refractivity contribution is 5.82. The molecule has 112 valence electrons. The molecular weight excluding hydrogens is 240 g/mol. The van der Waals surface area contributed by atoms with Crippen molar-refractivity contribution in [2.24, 2.45) is 5.92 Å². The van der Waals surface area contributed by atoms with Crippen molar-refractivity contribution in [1.29, 1.82) is 0 Å². The zero-order valence-electron chi connectivity index (χ0n) is 13.2. The first-order valence-electron chi connectivity index (χ1n) is 7.22. The van der Waals surface area contributed by atoms with Crippen LogP contribution < -0.4 is 0 Å². The average Bonchev–Trinajstić information content (AvgIpc) is 2.26. The third-order valence-corrected chi connectivity index (χ3v) is 3.32. The van der Waals surface area contributed by atoms with Gasteiger partial charge >= 0.3 is 5.97 Å². The zero-order valence-corrected chi connectivity index (χ0v) is 13.2. The van der Waals surface area contributed by atoms with Crippen LogP contribution >= 0.6 is 0 Å². The van der Waals surface area contributed by atoms with Crippen LogP contribution in [0, 0.1) is 5.92 Å². The minimum atomic E-state index is -0.542. The molecule has 0 aromatic carbocycles. The van der Waals surface area contributed by atoms with E-state index in [9.17, 15) is 9.90 Å². The van der Waals surface area contributed by atoms with Gasteiger partial charge in [0.1, 0.15) is 0 Å². The predicted octanol–water partition coefficient (Wildman–Crippen LogP) is 3.85. The minimum absolute atomic E-state index is 0.268. The molecule has 0 fully saturated rings. The van der Waals surface area contributed by atoms with Gasteiger partial charge in [0.25, 0.3) is 0 Å². The molecule has 0 heterocycles. The van der Waals surface area contributed by atoms with E-state index in [0.717, 1.165) is 44.1 Å². The molecule has 0 rings (SSSR count). The molecule has 1 atom stereocenters. The molecule has 0 aromatic heterocycles. The molecule has 0 aliphatic heterocycles. The third kappa shape index (κ3) is 12.0. The molecule has 0 saturated heterocycles. The Bertz CT molecular complexity index is 287. The van der Waals surface area contributed by atoms with Gasteiger partial charge < -0.3 is 9.84 Å². The molecular formula is C16H30O3. The Morgan fingerprint density at radius 2 is 1.89 bits per heavy atom. The number of esters is 1. The van der Waals surface area contributed by atoms with Gasteiger partial charge in [-0.3, -0.25) is 0 Å². The maximum atomic E-state index is 11.0. The summed E-state index contributed by atoms with van der Waals surface area (Å²) in [4.78, 5) is 11.0. The van der Waals surface area contributed by atoms with Crippen LogP contribution in [0.4, 0.5) is 0 Å². The molecule has 0 aliphatic rings. The fourth-order valence-electron chi connectivity index (χ4n) is 2.09. The molecule has 1 N–H and O–H groups in total. The van der Waals surface area contributed by atoms with Crippen molar-refractivity contribution >= 4 is 5.97 Å². The largest absolute Gasteiger partial charge is 0.466 e. The van der Waals surface area contributed by atoms with E-state index in [1.165, 1.54) is 7.11 Å². The predicted molar refractivity (Wildman–Crippen MR) is 78.9 cm³/mol. The molecule has 19 heavy (non-hydrogen) atoms. The number of methoxy groups -OCH3 is 1. The van der Waals surface area contributed by atoms with Crippen LogP contribution in [0.15, 0.2) is 11.6 Å². The van der Waals surface area contributed by atoms with E-state index in [1.54, 1.807) is 6.08 Å². The van der Waals surface area contributed by atoms with Crippen LogP contribution in [0.1, 0.15) is 66.2 Å². The van der Waals surface area contributed by atoms with Crippen molar-refractivity contribution < 1.29 is 14.6 Å². The van der Waals surface area contributed by atoms with Gasteiger partial charge in [0.05, 0.1) is 12.7 Å². The fourth-order valence-corrected chi connectivity index (χ4v) is 2.09. The number of rotatable bonds is 9. The second-order valence-electron chi connectivity index (χ2n) is 6.22. The first kappa shape index (κ1) is 18.2. The molecule has 3 nitrogen and oxygen atoms in total. The van der Waals surface area contributed by atoms with Crippen molar-refractivity contribution in [2.75, 3.05) is 7.11 Å². The molecule has 0 aromatic rings. The van der Waals surface area contributed by atoms with E-state index < -0.39 is 5.60 Å². The summed E-state index contributed by atoms with van der Waals surface area (Å²) in [5, 5.41) is 9.64. The Kier molecular flexibility index (Phi) is 8.73. The highest BCUT2D eigenvalue weighted by atomic mass is 16.5. The summed E-state index contributed by atoms with van der Waals surface area (Å²) in [5.74, 6) is 0.406. The fraction of sp³-hybridized carbons (Fsp3) is 0.812. The molecule has 0 amide bonds. The van der Waals surface area contributed by atoms with Crippen molar-refractivity contribution in [3.63, 3.8) is 0 Å². The van der Waals surface area contributed by atoms with Gasteiger partial charge in [-0.15, -0.1) is 0 Å². The number of hydrogen-bond acceptors (Lipinski definition) is 3. The van der Waals surface area contributed by atoms with E-state index in [1.807, 2.05) is 20.8 Å². The lowest BCUT2D eigenvalue weighted by Gasteiger charge is -2.18. The Hall–Kier alpha value is -0.830. The Morgan fingerprint density at radius 3 is 2.42 bits per heavy atom. The van der Waals surface area contributed by atoms with E-state index in [4.69, 9.17) is 0 Å². The molecule has 0 bridgehead atoms. The van der Waals surface area contributed by atoms with Crippen LogP contribution in [0.3, 0.4) is 0 Å². The van der Waals surface area contributed by atoms with Gasteiger partial charge in [0.15, 0.2) is 0 Å². The topological polar surface area (TPSA) is 46.5 Å². The van der Waals surface area contributed by atoms with Crippen LogP contribution in [0.25, 0.3) is 0 Å². The highest BCUT2D eigenvalue weighted by Gasteiger charge is 2.12. The van der Waals surface area contributed by atoms with Crippen LogP contribution in [0.5, 0.6) is 0 Å². The summed E-state index contributed by atoms with van der Waals surface area (Å²) in [6.07, 6.45) is 7.87. The summed E-state index contributed by atoms with van der Waals surface area (Å²) in [6.45, 7) is 7.94. The van der Waals surface area contributed by atoms with Crippen LogP contribution in [0.2, 0.25) is 0 Å². The van der Waals surface area contributed by atoms with E-state index in [0.29, 0.717) is 5.92 Å². The minimum Gasteiger partial charge on any atom is -0.466 e. The summed E-state index contributed by atoms with van der Waals surface area (Å²) < 4.78 is 4.59. The van der Waals surface area contributed by atoms with Crippen molar-refractivity contribution in [2.45, 2.75) is 71.8 Å². The molecule has 3 heteroatoms.